The number of aromatic nitrogens is 1. The SMILES string of the molecule is CS(=O)(=O)O.O=C(O)c1cn2c3c(cccc3c1=O)OC=C2. The number of aromatic carboxylic acids is 1. The number of nitrogens with zero attached hydrogens (tertiary/aromatic N) is 1. The summed E-state index contributed by atoms with van der Waals surface area (Å²) < 4.78 is 32.7. The zero-order valence-corrected chi connectivity index (χ0v) is 12.1. The number of carboxylic acids is 1. The van der Waals surface area contributed by atoms with Crippen molar-refractivity contribution in [2.24, 2.45) is 0 Å². The molecule has 2 aromatic rings. The second-order valence-corrected chi connectivity index (χ2v) is 5.84. The molecular weight excluding hydrogens is 314 g/mol. The van der Waals surface area contributed by atoms with Gasteiger partial charge in [-0.25, -0.2) is 4.79 Å². The second kappa shape index (κ2) is 5.62. The van der Waals surface area contributed by atoms with Crippen molar-refractivity contribution in [1.82, 2.24) is 4.57 Å². The highest BCUT2D eigenvalue weighted by Crippen LogP contribution is 2.27. The predicted octanol–water partition coefficient (Wildman–Crippen LogP) is 1.02. The van der Waals surface area contributed by atoms with Crippen LogP contribution in [0.25, 0.3) is 17.1 Å². The van der Waals surface area contributed by atoms with E-state index in [0.717, 1.165) is 0 Å². The van der Waals surface area contributed by atoms with Crippen LogP contribution in [0.5, 0.6) is 5.75 Å². The summed E-state index contributed by atoms with van der Waals surface area (Å²) in [4.78, 5) is 22.9. The van der Waals surface area contributed by atoms with Gasteiger partial charge in [-0.3, -0.25) is 9.35 Å². The van der Waals surface area contributed by atoms with Gasteiger partial charge in [0.05, 0.1) is 17.2 Å². The minimum Gasteiger partial charge on any atom is -0.477 e. The van der Waals surface area contributed by atoms with Gasteiger partial charge in [-0.05, 0) is 12.1 Å². The van der Waals surface area contributed by atoms with Crippen molar-refractivity contribution in [3.8, 4) is 5.75 Å². The Labute approximate surface area is 124 Å². The van der Waals surface area contributed by atoms with E-state index in [2.05, 4.69) is 0 Å². The fourth-order valence-corrected chi connectivity index (χ4v) is 1.91. The number of pyridine rings is 1. The Kier molecular flexibility index (Phi) is 4.02. The third-order valence-corrected chi connectivity index (χ3v) is 2.66. The van der Waals surface area contributed by atoms with Crippen molar-refractivity contribution in [2.45, 2.75) is 0 Å². The first kappa shape index (κ1) is 15.7. The van der Waals surface area contributed by atoms with Crippen LogP contribution in [-0.2, 0) is 10.1 Å². The first-order valence-corrected chi connectivity index (χ1v) is 7.70. The van der Waals surface area contributed by atoms with Crippen LogP contribution in [0.3, 0.4) is 0 Å². The number of hydrogen-bond acceptors (Lipinski definition) is 5. The minimum atomic E-state index is -3.67. The topological polar surface area (TPSA) is 123 Å². The molecule has 0 saturated carbocycles. The Balaban J connectivity index is 0.000000309. The molecule has 2 heterocycles. The van der Waals surface area contributed by atoms with E-state index in [1.165, 1.54) is 12.5 Å². The number of benzene rings is 1. The maximum Gasteiger partial charge on any atom is 0.341 e. The Morgan fingerprint density at radius 1 is 1.32 bits per heavy atom. The first-order valence-electron chi connectivity index (χ1n) is 5.85. The van der Waals surface area contributed by atoms with Crippen molar-refractivity contribution < 1.29 is 27.6 Å². The molecule has 0 atom stereocenters. The van der Waals surface area contributed by atoms with E-state index in [4.69, 9.17) is 14.4 Å². The van der Waals surface area contributed by atoms with Gasteiger partial charge in [0.2, 0.25) is 5.43 Å². The van der Waals surface area contributed by atoms with Crippen molar-refractivity contribution in [3.63, 3.8) is 0 Å². The molecule has 2 N–H and O–H groups in total. The Morgan fingerprint density at radius 2 is 1.95 bits per heavy atom. The molecule has 0 fully saturated rings. The van der Waals surface area contributed by atoms with Gasteiger partial charge >= 0.3 is 5.97 Å². The quantitative estimate of drug-likeness (QED) is 0.750. The van der Waals surface area contributed by atoms with Crippen LogP contribution < -0.4 is 10.2 Å². The maximum atomic E-state index is 11.9. The summed E-state index contributed by atoms with van der Waals surface area (Å²) in [6.07, 6.45) is 5.03. The molecule has 9 heteroatoms. The smallest absolute Gasteiger partial charge is 0.341 e. The van der Waals surface area contributed by atoms with Crippen LogP contribution in [-0.4, -0.2) is 34.9 Å². The van der Waals surface area contributed by atoms with Gasteiger partial charge in [-0.15, -0.1) is 0 Å². The van der Waals surface area contributed by atoms with E-state index in [-0.39, 0.29) is 5.56 Å². The molecular formula is C13H11NO7S. The molecule has 8 nitrogen and oxygen atoms in total. The molecule has 22 heavy (non-hydrogen) atoms. The lowest BCUT2D eigenvalue weighted by Crippen LogP contribution is -2.18. The molecule has 0 aliphatic carbocycles. The van der Waals surface area contributed by atoms with Gasteiger partial charge < -0.3 is 14.4 Å². The van der Waals surface area contributed by atoms with Crippen LogP contribution in [0.1, 0.15) is 10.4 Å². The number of ether oxygens (including phenoxy) is 1. The van der Waals surface area contributed by atoms with Crippen LogP contribution in [0.4, 0.5) is 0 Å². The summed E-state index contributed by atoms with van der Waals surface area (Å²) in [6, 6.07) is 4.98. The Hall–Kier alpha value is -2.65. The summed E-state index contributed by atoms with van der Waals surface area (Å²) >= 11 is 0. The molecule has 1 aromatic heterocycles. The maximum absolute atomic E-state index is 11.9. The Morgan fingerprint density at radius 3 is 2.55 bits per heavy atom. The third-order valence-electron chi connectivity index (χ3n) is 2.66. The largest absolute Gasteiger partial charge is 0.477 e. The second-order valence-electron chi connectivity index (χ2n) is 4.37. The zero-order chi connectivity index (χ0) is 16.5. The van der Waals surface area contributed by atoms with Crippen LogP contribution >= 0.6 is 0 Å². The number of carboxylic acid groups (broad SMARTS) is 1. The molecule has 1 aliphatic heterocycles. The van der Waals surface area contributed by atoms with Gasteiger partial charge in [-0.2, -0.15) is 8.42 Å². The number of rotatable bonds is 1. The number of carbonyl (C=O) groups is 1. The van der Waals surface area contributed by atoms with Crippen molar-refractivity contribution >= 4 is 33.2 Å². The molecule has 0 radical (unpaired) electrons. The zero-order valence-electron chi connectivity index (χ0n) is 11.3. The Bertz CT molecular complexity index is 933. The van der Waals surface area contributed by atoms with E-state index < -0.39 is 21.5 Å². The van der Waals surface area contributed by atoms with Gasteiger partial charge in [0.15, 0.2) is 5.75 Å². The lowest BCUT2D eigenvalue weighted by atomic mass is 10.1. The molecule has 0 unspecified atom stereocenters. The average Bonchev–Trinajstić information content (AvgIpc) is 2.40. The monoisotopic (exact) mass is 325 g/mol. The number of hydrogen-bond donors (Lipinski definition) is 2. The molecule has 1 aromatic carbocycles. The summed E-state index contributed by atoms with van der Waals surface area (Å²) in [5, 5.41) is 9.30. The van der Waals surface area contributed by atoms with E-state index >= 15 is 0 Å². The highest BCUT2D eigenvalue weighted by molar-refractivity contribution is 7.85. The first-order chi connectivity index (χ1) is 10.2. The lowest BCUT2D eigenvalue weighted by molar-refractivity contribution is 0.0695. The summed E-state index contributed by atoms with van der Waals surface area (Å²) in [6.45, 7) is 0. The van der Waals surface area contributed by atoms with Crippen molar-refractivity contribution in [3.05, 3.63) is 46.4 Å². The van der Waals surface area contributed by atoms with Gasteiger partial charge in [0, 0.05) is 12.4 Å². The highest BCUT2D eigenvalue weighted by atomic mass is 32.2. The van der Waals surface area contributed by atoms with Crippen LogP contribution in [0.2, 0.25) is 0 Å². The number of para-hydroxylation sites is 1. The summed E-state index contributed by atoms with van der Waals surface area (Å²) in [5.74, 6) is -0.690. The van der Waals surface area contributed by atoms with E-state index in [0.29, 0.717) is 22.9 Å². The third kappa shape index (κ3) is 3.32. The standard InChI is InChI=1S/C12H7NO4.CH4O3S/c14-11-7-2-1-3-9-10(7)13(4-5-17-9)6-8(11)12(15)16;1-5(2,3)4/h1-6H,(H,15,16);1H3,(H,2,3,4). The molecule has 0 bridgehead atoms. The minimum absolute atomic E-state index is 0.249. The van der Waals surface area contributed by atoms with Crippen molar-refractivity contribution in [2.75, 3.05) is 6.26 Å². The molecule has 0 saturated heterocycles. The fourth-order valence-electron chi connectivity index (χ4n) is 1.91. The fraction of sp³-hybridized carbons (Fsp3) is 0.0769. The predicted molar refractivity (Wildman–Crippen MR) is 78.6 cm³/mol. The highest BCUT2D eigenvalue weighted by Gasteiger charge is 2.17. The van der Waals surface area contributed by atoms with Gasteiger partial charge in [-0.1, -0.05) is 6.07 Å². The molecule has 0 amide bonds. The molecule has 116 valence electrons. The van der Waals surface area contributed by atoms with E-state index in [1.54, 1.807) is 29.0 Å². The lowest BCUT2D eigenvalue weighted by Gasteiger charge is -2.15. The van der Waals surface area contributed by atoms with Crippen LogP contribution in [0, 0.1) is 0 Å². The molecule has 1 aliphatic rings. The summed E-state index contributed by atoms with van der Waals surface area (Å²) in [7, 11) is -3.67. The normalized spacial score (nSPS) is 12.3. The van der Waals surface area contributed by atoms with Crippen molar-refractivity contribution in [1.29, 1.82) is 0 Å². The van der Waals surface area contributed by atoms with E-state index in [1.807, 2.05) is 0 Å². The van der Waals surface area contributed by atoms with Gasteiger partial charge in [0.1, 0.15) is 11.8 Å². The van der Waals surface area contributed by atoms with E-state index in [9.17, 15) is 18.0 Å². The van der Waals surface area contributed by atoms with Gasteiger partial charge in [0.25, 0.3) is 10.1 Å². The van der Waals surface area contributed by atoms with Crippen LogP contribution in [0.15, 0.2) is 35.5 Å². The molecule has 3 rings (SSSR count). The summed E-state index contributed by atoms with van der Waals surface area (Å²) in [5.41, 5.74) is -0.157. The molecule has 0 spiro atoms. The average molecular weight is 325 g/mol.